The van der Waals surface area contributed by atoms with Gasteiger partial charge in [0.25, 0.3) is 0 Å². The molecule has 11 unspecified atom stereocenters. The topological polar surface area (TPSA) is 88.1 Å². The van der Waals surface area contributed by atoms with Gasteiger partial charge in [0.05, 0.1) is 23.9 Å². The lowest BCUT2D eigenvalue weighted by Crippen LogP contribution is -2.44. The number of rotatable bonds is 2. The van der Waals surface area contributed by atoms with E-state index in [1.54, 1.807) is 0 Å². The molecule has 2 saturated carbocycles. The summed E-state index contributed by atoms with van der Waals surface area (Å²) in [6, 6.07) is 0. The standard InChI is InChI=1S/C17H18O7/c1-4-5-2-6-10(17(20)22-11(4)6)9(5)16(19)23-13-8-3-7-12(21-8)14(13)24-15(7)18/h4-14H,2-3H2,1H3. The zero-order valence-corrected chi connectivity index (χ0v) is 13.1. The minimum Gasteiger partial charge on any atom is -0.462 e. The maximum atomic E-state index is 12.9. The van der Waals surface area contributed by atoms with Crippen LogP contribution < -0.4 is 0 Å². The largest absolute Gasteiger partial charge is 0.462 e. The van der Waals surface area contributed by atoms with Crippen molar-refractivity contribution in [2.24, 2.45) is 35.5 Å². The average molecular weight is 334 g/mol. The molecule has 4 heterocycles. The Morgan fingerprint density at radius 3 is 2.67 bits per heavy atom. The first kappa shape index (κ1) is 13.6. The molecule has 0 N–H and O–H groups in total. The van der Waals surface area contributed by atoms with Crippen LogP contribution in [-0.2, 0) is 33.3 Å². The second-order valence-corrected chi connectivity index (χ2v) is 8.16. The number of hydrogen-bond donors (Lipinski definition) is 0. The molecule has 7 nitrogen and oxygen atoms in total. The summed E-state index contributed by atoms with van der Waals surface area (Å²) in [7, 11) is 0. The second-order valence-electron chi connectivity index (χ2n) is 8.16. The van der Waals surface area contributed by atoms with Gasteiger partial charge < -0.3 is 18.9 Å². The number of carbonyl (C=O) groups is 3. The van der Waals surface area contributed by atoms with Crippen molar-refractivity contribution < 1.29 is 33.3 Å². The van der Waals surface area contributed by atoms with E-state index < -0.39 is 18.1 Å². The lowest BCUT2D eigenvalue weighted by Gasteiger charge is -2.30. The maximum Gasteiger partial charge on any atom is 0.312 e. The van der Waals surface area contributed by atoms with Crippen LogP contribution in [0, 0.1) is 35.5 Å². The molecule has 0 spiro atoms. The highest BCUT2D eigenvalue weighted by Gasteiger charge is 2.69. The fourth-order valence-electron chi connectivity index (χ4n) is 6.30. The average Bonchev–Trinajstić information content (AvgIpc) is 3.30. The van der Waals surface area contributed by atoms with Crippen molar-refractivity contribution in [2.45, 2.75) is 50.3 Å². The first-order valence-corrected chi connectivity index (χ1v) is 8.81. The molecular weight excluding hydrogens is 316 g/mol. The molecule has 4 aliphatic heterocycles. The van der Waals surface area contributed by atoms with Gasteiger partial charge in [-0.05, 0) is 24.7 Å². The van der Waals surface area contributed by atoms with E-state index in [1.165, 1.54) is 0 Å². The summed E-state index contributed by atoms with van der Waals surface area (Å²) in [4.78, 5) is 36.8. The summed E-state index contributed by atoms with van der Waals surface area (Å²) in [5.74, 6) is -1.36. The van der Waals surface area contributed by atoms with Gasteiger partial charge in [0, 0.05) is 5.92 Å². The Kier molecular flexibility index (Phi) is 2.34. The molecule has 0 aromatic rings. The van der Waals surface area contributed by atoms with Crippen LogP contribution in [0.15, 0.2) is 0 Å². The Bertz CT molecular complexity index is 674. The predicted molar refractivity (Wildman–Crippen MR) is 74.1 cm³/mol. The molecule has 6 aliphatic rings. The summed E-state index contributed by atoms with van der Waals surface area (Å²) in [6.45, 7) is 2.05. The van der Waals surface area contributed by atoms with Crippen molar-refractivity contribution in [2.75, 3.05) is 0 Å². The minimum atomic E-state index is -0.534. The molecule has 4 saturated heterocycles. The van der Waals surface area contributed by atoms with Crippen LogP contribution in [0.1, 0.15) is 19.8 Å². The Balaban J connectivity index is 1.25. The van der Waals surface area contributed by atoms with Crippen molar-refractivity contribution in [1.29, 1.82) is 0 Å². The highest BCUT2D eigenvalue weighted by atomic mass is 16.7. The van der Waals surface area contributed by atoms with Crippen LogP contribution in [0.4, 0.5) is 0 Å². The van der Waals surface area contributed by atoms with Crippen molar-refractivity contribution in [3.05, 3.63) is 0 Å². The van der Waals surface area contributed by atoms with E-state index in [4.69, 9.17) is 18.9 Å². The third-order valence-corrected chi connectivity index (χ3v) is 7.30. The summed E-state index contributed by atoms with van der Waals surface area (Å²) in [5, 5.41) is 0. The molecule has 0 aromatic carbocycles. The van der Waals surface area contributed by atoms with Crippen molar-refractivity contribution in [1.82, 2.24) is 0 Å². The molecule has 2 aliphatic carbocycles. The third kappa shape index (κ3) is 1.38. The Morgan fingerprint density at radius 1 is 1.04 bits per heavy atom. The van der Waals surface area contributed by atoms with Crippen LogP contribution in [0.5, 0.6) is 0 Å². The lowest BCUT2D eigenvalue weighted by molar-refractivity contribution is -0.168. The normalized spacial score (nSPS) is 58.3. The third-order valence-electron chi connectivity index (χ3n) is 7.30. The molecule has 0 aromatic heterocycles. The minimum absolute atomic E-state index is 0.0288. The van der Waals surface area contributed by atoms with Crippen LogP contribution in [0.3, 0.4) is 0 Å². The highest BCUT2D eigenvalue weighted by molar-refractivity contribution is 5.86. The highest BCUT2D eigenvalue weighted by Crippen LogP contribution is 2.60. The second kappa shape index (κ2) is 4.12. The van der Waals surface area contributed by atoms with Crippen LogP contribution in [-0.4, -0.2) is 48.4 Å². The molecular formula is C17H18O7. The Hall–Kier alpha value is -1.63. The Morgan fingerprint density at radius 2 is 1.83 bits per heavy atom. The molecule has 24 heavy (non-hydrogen) atoms. The van der Waals surface area contributed by atoms with E-state index in [1.807, 2.05) is 0 Å². The van der Waals surface area contributed by atoms with Crippen LogP contribution in [0.25, 0.3) is 0 Å². The first-order chi connectivity index (χ1) is 11.5. The summed E-state index contributed by atoms with van der Waals surface area (Å²) in [5.41, 5.74) is 0. The summed E-state index contributed by atoms with van der Waals surface area (Å²) < 4.78 is 22.3. The number of fused-ring (bicyclic) bond motifs is 2. The molecule has 4 bridgehead atoms. The smallest absolute Gasteiger partial charge is 0.312 e. The lowest BCUT2D eigenvalue weighted by atomic mass is 9.75. The van der Waals surface area contributed by atoms with E-state index in [0.717, 1.165) is 6.42 Å². The monoisotopic (exact) mass is 334 g/mol. The van der Waals surface area contributed by atoms with Gasteiger partial charge in [-0.15, -0.1) is 0 Å². The van der Waals surface area contributed by atoms with Gasteiger partial charge >= 0.3 is 17.9 Å². The number of carbonyl (C=O) groups excluding carboxylic acids is 3. The van der Waals surface area contributed by atoms with Gasteiger partial charge in [0.1, 0.15) is 12.2 Å². The molecule has 128 valence electrons. The zero-order chi connectivity index (χ0) is 16.3. The number of hydrogen-bond acceptors (Lipinski definition) is 7. The van der Waals surface area contributed by atoms with Gasteiger partial charge in [0.2, 0.25) is 0 Å². The fraction of sp³-hybridized carbons (Fsp3) is 0.824. The van der Waals surface area contributed by atoms with Gasteiger partial charge in [-0.1, -0.05) is 6.92 Å². The van der Waals surface area contributed by atoms with Crippen LogP contribution >= 0.6 is 0 Å². The van der Waals surface area contributed by atoms with Crippen LogP contribution in [0.2, 0.25) is 0 Å². The number of ether oxygens (including phenoxy) is 4. The summed E-state index contributed by atoms with van der Waals surface area (Å²) in [6.07, 6.45) is -0.176. The molecule has 11 atom stereocenters. The maximum absolute atomic E-state index is 12.9. The molecule has 6 fully saturated rings. The number of esters is 3. The summed E-state index contributed by atoms with van der Waals surface area (Å²) >= 11 is 0. The van der Waals surface area contributed by atoms with E-state index >= 15 is 0 Å². The fourth-order valence-corrected chi connectivity index (χ4v) is 6.30. The van der Waals surface area contributed by atoms with E-state index in [0.29, 0.717) is 6.42 Å². The van der Waals surface area contributed by atoms with Crippen molar-refractivity contribution in [3.8, 4) is 0 Å². The molecule has 7 heteroatoms. The molecule has 0 amide bonds. The molecule has 0 radical (unpaired) electrons. The van der Waals surface area contributed by atoms with Crippen molar-refractivity contribution >= 4 is 17.9 Å². The SMILES string of the molecule is CC1C2CC3C1OC(=O)C3C2C(=O)OC1C2CC3C(=O)OC1C3O2. The first-order valence-electron chi connectivity index (χ1n) is 8.81. The van der Waals surface area contributed by atoms with Gasteiger partial charge in [-0.25, -0.2) is 0 Å². The van der Waals surface area contributed by atoms with E-state index in [2.05, 4.69) is 6.92 Å². The van der Waals surface area contributed by atoms with E-state index in [-0.39, 0.29) is 65.8 Å². The predicted octanol–water partition coefficient (Wildman–Crippen LogP) is 0.0545. The zero-order valence-electron chi connectivity index (χ0n) is 13.1. The van der Waals surface area contributed by atoms with Gasteiger partial charge in [0.15, 0.2) is 12.2 Å². The quantitative estimate of drug-likeness (QED) is 0.521. The molecule has 6 rings (SSSR count). The van der Waals surface area contributed by atoms with Gasteiger partial charge in [-0.3, -0.25) is 14.4 Å². The Labute approximate surface area is 137 Å². The van der Waals surface area contributed by atoms with Crippen molar-refractivity contribution in [3.63, 3.8) is 0 Å². The van der Waals surface area contributed by atoms with Gasteiger partial charge in [-0.2, -0.15) is 0 Å². The van der Waals surface area contributed by atoms with E-state index in [9.17, 15) is 14.4 Å².